The smallest absolute Gasteiger partial charge is 0.242 e. The lowest BCUT2D eigenvalue weighted by Gasteiger charge is -2.34. The van der Waals surface area contributed by atoms with Crippen molar-refractivity contribution in [1.29, 1.82) is 0 Å². The number of amides is 1. The molecule has 1 amide bonds. The van der Waals surface area contributed by atoms with Gasteiger partial charge in [0.15, 0.2) is 0 Å². The number of rotatable bonds is 5. The van der Waals surface area contributed by atoms with Gasteiger partial charge in [-0.15, -0.1) is 0 Å². The predicted octanol–water partition coefficient (Wildman–Crippen LogP) is 3.11. The van der Waals surface area contributed by atoms with Crippen LogP contribution in [0.15, 0.2) is 43.0 Å². The van der Waals surface area contributed by atoms with Gasteiger partial charge in [0.05, 0.1) is 6.33 Å². The molecule has 128 valence electrons. The number of hydrogen-bond donors (Lipinski definition) is 1. The second-order valence-electron chi connectivity index (χ2n) is 6.83. The highest BCUT2D eigenvalue weighted by Gasteiger charge is 2.23. The Labute approximate surface area is 143 Å². The molecule has 1 saturated heterocycles. The number of carbonyl (C=O) groups excluding carboxylic acids is 1. The van der Waals surface area contributed by atoms with E-state index in [1.807, 2.05) is 15.7 Å². The van der Waals surface area contributed by atoms with Crippen molar-refractivity contribution < 1.29 is 4.79 Å². The molecule has 0 saturated carbocycles. The molecule has 1 unspecified atom stereocenters. The number of hydrogen-bond acceptors (Lipinski definition) is 3. The van der Waals surface area contributed by atoms with Gasteiger partial charge in [-0.25, -0.2) is 4.98 Å². The Hall–Kier alpha value is -2.30. The first kappa shape index (κ1) is 16.6. The monoisotopic (exact) mass is 326 g/mol. The Morgan fingerprint density at radius 1 is 1.33 bits per heavy atom. The molecule has 0 aliphatic carbocycles. The minimum atomic E-state index is 0.162. The third kappa shape index (κ3) is 4.16. The Bertz CT molecular complexity index is 649. The van der Waals surface area contributed by atoms with Crippen molar-refractivity contribution in [3.05, 3.63) is 48.5 Å². The molecule has 2 aromatic rings. The minimum absolute atomic E-state index is 0.162. The Kier molecular flexibility index (Phi) is 5.18. The van der Waals surface area contributed by atoms with E-state index in [2.05, 4.69) is 48.4 Å². The average Bonchev–Trinajstić information content (AvgIpc) is 3.08. The fourth-order valence-corrected chi connectivity index (χ4v) is 3.16. The molecular formula is C19H26N4O. The molecule has 5 nitrogen and oxygen atoms in total. The number of benzene rings is 1. The first-order chi connectivity index (χ1) is 11.6. The number of imidazole rings is 1. The summed E-state index contributed by atoms with van der Waals surface area (Å²) in [5.41, 5.74) is 2.48. The third-order valence-corrected chi connectivity index (χ3v) is 4.60. The van der Waals surface area contributed by atoms with Crippen LogP contribution < -0.4 is 5.32 Å². The van der Waals surface area contributed by atoms with Crippen LogP contribution in [0.5, 0.6) is 0 Å². The van der Waals surface area contributed by atoms with E-state index < -0.39 is 0 Å². The number of aromatic nitrogens is 2. The molecule has 1 aliphatic heterocycles. The van der Waals surface area contributed by atoms with Gasteiger partial charge in [0, 0.05) is 37.2 Å². The van der Waals surface area contributed by atoms with Crippen LogP contribution in [0.4, 0.5) is 5.69 Å². The van der Waals surface area contributed by atoms with E-state index in [1.165, 1.54) is 5.56 Å². The van der Waals surface area contributed by atoms with Crippen LogP contribution in [-0.4, -0.2) is 39.5 Å². The summed E-state index contributed by atoms with van der Waals surface area (Å²) in [5.74, 6) is 0.708. The van der Waals surface area contributed by atoms with Crippen LogP contribution in [0, 0.1) is 0 Å². The van der Waals surface area contributed by atoms with Crippen LogP contribution >= 0.6 is 0 Å². The molecule has 3 rings (SSSR count). The Morgan fingerprint density at radius 2 is 2.12 bits per heavy atom. The lowest BCUT2D eigenvalue weighted by atomic mass is 10.0. The van der Waals surface area contributed by atoms with E-state index in [0.717, 1.165) is 31.6 Å². The van der Waals surface area contributed by atoms with E-state index in [9.17, 15) is 4.79 Å². The van der Waals surface area contributed by atoms with Crippen molar-refractivity contribution in [1.82, 2.24) is 14.5 Å². The van der Waals surface area contributed by atoms with Crippen molar-refractivity contribution >= 4 is 11.6 Å². The highest BCUT2D eigenvalue weighted by Crippen LogP contribution is 2.20. The van der Waals surface area contributed by atoms with Gasteiger partial charge in [-0.05, 0) is 36.5 Å². The number of carbonyl (C=O) groups is 1. The molecule has 1 aliphatic rings. The van der Waals surface area contributed by atoms with Crippen LogP contribution in [0.2, 0.25) is 0 Å². The summed E-state index contributed by atoms with van der Waals surface area (Å²) in [5, 5.41) is 3.58. The van der Waals surface area contributed by atoms with E-state index in [-0.39, 0.29) is 5.91 Å². The van der Waals surface area contributed by atoms with Crippen LogP contribution in [0.3, 0.4) is 0 Å². The number of likely N-dealkylation sites (tertiary alicyclic amines) is 1. The zero-order valence-electron chi connectivity index (χ0n) is 14.5. The maximum absolute atomic E-state index is 12.4. The molecule has 1 aromatic heterocycles. The van der Waals surface area contributed by atoms with Crippen molar-refractivity contribution in [3.8, 4) is 0 Å². The fourth-order valence-electron chi connectivity index (χ4n) is 3.16. The van der Waals surface area contributed by atoms with Gasteiger partial charge in [-0.2, -0.15) is 0 Å². The summed E-state index contributed by atoms with van der Waals surface area (Å²) in [6.45, 7) is 6.38. The van der Waals surface area contributed by atoms with E-state index in [1.54, 1.807) is 12.5 Å². The number of piperidine rings is 1. The quantitative estimate of drug-likeness (QED) is 0.918. The zero-order valence-corrected chi connectivity index (χ0v) is 14.5. The second-order valence-corrected chi connectivity index (χ2v) is 6.83. The average molecular weight is 326 g/mol. The molecule has 2 heterocycles. The molecule has 0 spiro atoms. The van der Waals surface area contributed by atoms with Gasteiger partial charge in [0.25, 0.3) is 0 Å². The topological polar surface area (TPSA) is 50.2 Å². The van der Waals surface area contributed by atoms with Crippen LogP contribution in [-0.2, 0) is 11.3 Å². The van der Waals surface area contributed by atoms with Gasteiger partial charge in [-0.3, -0.25) is 4.79 Å². The van der Waals surface area contributed by atoms with Crippen molar-refractivity contribution in [3.63, 3.8) is 0 Å². The highest BCUT2D eigenvalue weighted by molar-refractivity contribution is 5.76. The maximum Gasteiger partial charge on any atom is 0.242 e. The number of anilines is 1. The lowest BCUT2D eigenvalue weighted by Crippen LogP contribution is -2.46. The van der Waals surface area contributed by atoms with Gasteiger partial charge in [0.1, 0.15) is 6.54 Å². The standard InChI is InChI=1S/C19H26N4O/c1-15(2)16-5-7-17(8-6-16)21-18-4-3-10-23(12-18)19(24)13-22-11-9-20-14-22/h5-9,11,14-15,18,21H,3-4,10,12-13H2,1-2H3. The van der Waals surface area contributed by atoms with Crippen LogP contribution in [0.1, 0.15) is 38.2 Å². The zero-order chi connectivity index (χ0) is 16.9. The third-order valence-electron chi connectivity index (χ3n) is 4.60. The Balaban J connectivity index is 1.56. The molecule has 0 radical (unpaired) electrons. The molecule has 1 N–H and O–H groups in total. The minimum Gasteiger partial charge on any atom is -0.381 e. The second kappa shape index (κ2) is 7.51. The van der Waals surface area contributed by atoms with Crippen LogP contribution in [0.25, 0.3) is 0 Å². The molecule has 0 bridgehead atoms. The first-order valence-corrected chi connectivity index (χ1v) is 8.72. The van der Waals surface area contributed by atoms with Crippen molar-refractivity contribution in [2.45, 2.75) is 45.2 Å². The summed E-state index contributed by atoms with van der Waals surface area (Å²) < 4.78 is 1.82. The van der Waals surface area contributed by atoms with Crippen molar-refractivity contribution in [2.24, 2.45) is 0 Å². The predicted molar refractivity (Wildman–Crippen MR) is 96.0 cm³/mol. The van der Waals surface area contributed by atoms with Gasteiger partial charge >= 0.3 is 0 Å². The molecule has 1 atom stereocenters. The summed E-state index contributed by atoms with van der Waals surface area (Å²) in [6.07, 6.45) is 7.36. The fraction of sp³-hybridized carbons (Fsp3) is 0.474. The summed E-state index contributed by atoms with van der Waals surface area (Å²) in [7, 11) is 0. The summed E-state index contributed by atoms with van der Waals surface area (Å²) >= 11 is 0. The SMILES string of the molecule is CC(C)c1ccc(NC2CCCN(C(=O)Cn3ccnc3)C2)cc1. The molecule has 5 heteroatoms. The summed E-state index contributed by atoms with van der Waals surface area (Å²) in [6, 6.07) is 8.95. The number of nitrogens with zero attached hydrogens (tertiary/aromatic N) is 3. The van der Waals surface area contributed by atoms with E-state index in [4.69, 9.17) is 0 Å². The van der Waals surface area contributed by atoms with Crippen molar-refractivity contribution in [2.75, 3.05) is 18.4 Å². The lowest BCUT2D eigenvalue weighted by molar-refractivity contribution is -0.132. The highest BCUT2D eigenvalue weighted by atomic mass is 16.2. The largest absolute Gasteiger partial charge is 0.381 e. The molecule has 1 fully saturated rings. The van der Waals surface area contributed by atoms with E-state index in [0.29, 0.717) is 18.5 Å². The molecule has 1 aromatic carbocycles. The number of nitrogens with one attached hydrogen (secondary N) is 1. The Morgan fingerprint density at radius 3 is 2.79 bits per heavy atom. The summed E-state index contributed by atoms with van der Waals surface area (Å²) in [4.78, 5) is 18.4. The van der Waals surface area contributed by atoms with E-state index >= 15 is 0 Å². The maximum atomic E-state index is 12.4. The molecule has 24 heavy (non-hydrogen) atoms. The van der Waals surface area contributed by atoms with Gasteiger partial charge in [0.2, 0.25) is 5.91 Å². The first-order valence-electron chi connectivity index (χ1n) is 8.72. The van der Waals surface area contributed by atoms with Gasteiger partial charge in [-0.1, -0.05) is 26.0 Å². The normalized spacial score (nSPS) is 18.0. The molecular weight excluding hydrogens is 300 g/mol. The van der Waals surface area contributed by atoms with Gasteiger partial charge < -0.3 is 14.8 Å².